The summed E-state index contributed by atoms with van der Waals surface area (Å²) >= 11 is 0. The molecule has 0 unspecified atom stereocenters. The van der Waals surface area contributed by atoms with Gasteiger partial charge in [0.15, 0.2) is 0 Å². The van der Waals surface area contributed by atoms with Crippen LogP contribution in [0.2, 0.25) is 0 Å². The number of rotatable bonds is 3. The van der Waals surface area contributed by atoms with Crippen LogP contribution in [0.4, 0.5) is 5.69 Å². The molecule has 0 atom stereocenters. The van der Waals surface area contributed by atoms with Gasteiger partial charge < -0.3 is 15.2 Å². The number of amides is 1. The summed E-state index contributed by atoms with van der Waals surface area (Å²) in [7, 11) is 0. The van der Waals surface area contributed by atoms with E-state index < -0.39 is 0 Å². The van der Waals surface area contributed by atoms with E-state index in [-0.39, 0.29) is 23.3 Å². The first-order valence-electron chi connectivity index (χ1n) is 7.23. The highest BCUT2D eigenvalue weighted by Gasteiger charge is 2.28. The molecule has 8 heteroatoms. The van der Waals surface area contributed by atoms with Gasteiger partial charge in [-0.25, -0.2) is 9.78 Å². The van der Waals surface area contributed by atoms with Crippen LogP contribution in [-0.2, 0) is 0 Å². The Hall–Kier alpha value is -3.16. The Labute approximate surface area is 130 Å². The van der Waals surface area contributed by atoms with E-state index in [0.717, 1.165) is 18.8 Å². The molecule has 0 saturated carbocycles. The number of fused-ring (bicyclic) bond motifs is 1. The first-order valence-corrected chi connectivity index (χ1v) is 7.23. The van der Waals surface area contributed by atoms with Crippen molar-refractivity contribution in [3.05, 3.63) is 59.2 Å². The zero-order valence-electron chi connectivity index (χ0n) is 12.1. The summed E-state index contributed by atoms with van der Waals surface area (Å²) in [6, 6.07) is 5.48. The number of carbonyl (C=O) groups excluding carboxylic acids is 1. The molecule has 1 saturated heterocycles. The summed E-state index contributed by atoms with van der Waals surface area (Å²) in [4.78, 5) is 36.8. The Kier molecular flexibility index (Phi) is 3.07. The van der Waals surface area contributed by atoms with Gasteiger partial charge in [-0.2, -0.15) is 0 Å². The third-order valence-electron chi connectivity index (χ3n) is 3.89. The zero-order valence-corrected chi connectivity index (χ0v) is 12.1. The van der Waals surface area contributed by atoms with Gasteiger partial charge in [-0.05, 0) is 12.1 Å². The predicted octanol–water partition coefficient (Wildman–Crippen LogP) is 0.0362. The van der Waals surface area contributed by atoms with Crippen LogP contribution in [0.1, 0.15) is 10.5 Å². The second-order valence-electron chi connectivity index (χ2n) is 5.42. The molecule has 4 heterocycles. The van der Waals surface area contributed by atoms with Crippen LogP contribution in [0.3, 0.4) is 0 Å². The lowest BCUT2D eigenvalue weighted by Crippen LogP contribution is -2.59. The van der Waals surface area contributed by atoms with Crippen LogP contribution in [-0.4, -0.2) is 44.4 Å². The van der Waals surface area contributed by atoms with Crippen LogP contribution in [0.25, 0.3) is 5.65 Å². The van der Waals surface area contributed by atoms with E-state index in [4.69, 9.17) is 0 Å². The van der Waals surface area contributed by atoms with E-state index >= 15 is 0 Å². The van der Waals surface area contributed by atoms with Crippen molar-refractivity contribution in [3.8, 4) is 0 Å². The number of imidazole rings is 1. The maximum absolute atomic E-state index is 12.3. The van der Waals surface area contributed by atoms with E-state index in [2.05, 4.69) is 25.2 Å². The normalized spacial score (nSPS) is 14.7. The van der Waals surface area contributed by atoms with Crippen molar-refractivity contribution in [1.29, 1.82) is 0 Å². The highest BCUT2D eigenvalue weighted by molar-refractivity contribution is 5.93. The molecule has 1 fully saturated rings. The number of anilines is 1. The summed E-state index contributed by atoms with van der Waals surface area (Å²) in [5.41, 5.74) is 1.37. The van der Waals surface area contributed by atoms with Crippen molar-refractivity contribution in [1.82, 2.24) is 24.7 Å². The topological polar surface area (TPSA) is 95.4 Å². The van der Waals surface area contributed by atoms with E-state index in [1.165, 1.54) is 10.6 Å². The maximum Gasteiger partial charge on any atom is 0.331 e. The van der Waals surface area contributed by atoms with E-state index in [1.54, 1.807) is 24.7 Å². The largest absolute Gasteiger partial charge is 0.367 e. The number of carbonyl (C=O) groups is 1. The summed E-state index contributed by atoms with van der Waals surface area (Å²) in [5, 5.41) is 2.91. The van der Waals surface area contributed by atoms with E-state index in [1.807, 2.05) is 12.1 Å². The van der Waals surface area contributed by atoms with E-state index in [0.29, 0.717) is 5.65 Å². The first kappa shape index (κ1) is 13.5. The van der Waals surface area contributed by atoms with Crippen molar-refractivity contribution in [2.45, 2.75) is 6.04 Å². The molecule has 116 valence electrons. The van der Waals surface area contributed by atoms with Crippen LogP contribution in [0, 0.1) is 0 Å². The average Bonchev–Trinajstić information content (AvgIpc) is 3.00. The fourth-order valence-corrected chi connectivity index (χ4v) is 2.66. The van der Waals surface area contributed by atoms with Gasteiger partial charge in [0.2, 0.25) is 0 Å². The Balaban J connectivity index is 1.43. The van der Waals surface area contributed by atoms with Gasteiger partial charge >= 0.3 is 5.69 Å². The molecule has 8 nitrogen and oxygen atoms in total. The highest BCUT2D eigenvalue weighted by atomic mass is 16.2. The van der Waals surface area contributed by atoms with Gasteiger partial charge in [-0.3, -0.25) is 14.2 Å². The lowest BCUT2D eigenvalue weighted by Gasteiger charge is -2.41. The molecule has 0 bridgehead atoms. The number of aromatic amines is 1. The summed E-state index contributed by atoms with van der Waals surface area (Å²) in [6.45, 7) is 1.46. The Morgan fingerprint density at radius 3 is 2.83 bits per heavy atom. The molecule has 0 aromatic carbocycles. The quantitative estimate of drug-likeness (QED) is 0.712. The van der Waals surface area contributed by atoms with Gasteiger partial charge in [0.25, 0.3) is 5.91 Å². The predicted molar refractivity (Wildman–Crippen MR) is 83.5 cm³/mol. The number of aromatic nitrogens is 4. The number of H-pyrrole nitrogens is 1. The van der Waals surface area contributed by atoms with Gasteiger partial charge in [-0.1, -0.05) is 0 Å². The van der Waals surface area contributed by atoms with Crippen LogP contribution in [0.5, 0.6) is 0 Å². The lowest BCUT2D eigenvalue weighted by atomic mass is 10.1. The van der Waals surface area contributed by atoms with Crippen molar-refractivity contribution < 1.29 is 4.79 Å². The second kappa shape index (κ2) is 5.24. The molecule has 2 N–H and O–H groups in total. The SMILES string of the molecule is O=C(NC1CN(c2ccncc2)C1)c1cc2nccn2c(=O)[nH]1. The van der Waals surface area contributed by atoms with Crippen LogP contribution >= 0.6 is 0 Å². The highest BCUT2D eigenvalue weighted by Crippen LogP contribution is 2.19. The minimum Gasteiger partial charge on any atom is -0.367 e. The van der Waals surface area contributed by atoms with Crippen molar-refractivity contribution >= 4 is 17.2 Å². The van der Waals surface area contributed by atoms with E-state index in [9.17, 15) is 9.59 Å². The van der Waals surface area contributed by atoms with Gasteiger partial charge in [0.1, 0.15) is 11.3 Å². The molecule has 3 aromatic heterocycles. The Bertz CT molecular complexity index is 910. The Morgan fingerprint density at radius 1 is 1.26 bits per heavy atom. The molecular weight excluding hydrogens is 296 g/mol. The molecule has 0 aliphatic carbocycles. The third kappa shape index (κ3) is 2.44. The smallest absolute Gasteiger partial charge is 0.331 e. The summed E-state index contributed by atoms with van der Waals surface area (Å²) in [6.07, 6.45) is 6.55. The van der Waals surface area contributed by atoms with Crippen molar-refractivity contribution in [2.75, 3.05) is 18.0 Å². The molecule has 23 heavy (non-hydrogen) atoms. The summed E-state index contributed by atoms with van der Waals surface area (Å²) < 4.78 is 1.35. The second-order valence-corrected chi connectivity index (χ2v) is 5.42. The molecule has 1 amide bonds. The molecule has 4 rings (SSSR count). The number of hydrogen-bond acceptors (Lipinski definition) is 5. The average molecular weight is 310 g/mol. The molecular formula is C15H14N6O2. The lowest BCUT2D eigenvalue weighted by molar-refractivity contribution is 0.0924. The summed E-state index contributed by atoms with van der Waals surface area (Å²) in [5.74, 6) is -0.299. The first-order chi connectivity index (χ1) is 11.2. The maximum atomic E-state index is 12.3. The molecule has 0 radical (unpaired) electrons. The van der Waals surface area contributed by atoms with Crippen molar-refractivity contribution in [2.24, 2.45) is 0 Å². The standard InChI is InChI=1S/C15H14N6O2/c22-14(12-7-13-17-5-6-21(13)15(23)19-12)18-10-8-20(9-10)11-1-3-16-4-2-11/h1-7,10H,8-9H2,(H,18,22)(H,19,23). The number of pyridine rings is 1. The minimum atomic E-state index is -0.378. The van der Waals surface area contributed by atoms with Gasteiger partial charge in [-0.15, -0.1) is 0 Å². The fourth-order valence-electron chi connectivity index (χ4n) is 2.66. The fraction of sp³-hybridized carbons (Fsp3) is 0.200. The monoisotopic (exact) mass is 310 g/mol. The van der Waals surface area contributed by atoms with Crippen LogP contribution < -0.4 is 15.9 Å². The third-order valence-corrected chi connectivity index (χ3v) is 3.89. The van der Waals surface area contributed by atoms with Gasteiger partial charge in [0.05, 0.1) is 6.04 Å². The van der Waals surface area contributed by atoms with Crippen molar-refractivity contribution in [3.63, 3.8) is 0 Å². The number of nitrogens with one attached hydrogen (secondary N) is 2. The van der Waals surface area contributed by atoms with Gasteiger partial charge in [0, 0.05) is 49.6 Å². The molecule has 1 aliphatic heterocycles. The number of nitrogens with zero attached hydrogens (tertiary/aromatic N) is 4. The van der Waals surface area contributed by atoms with Crippen LogP contribution in [0.15, 0.2) is 47.8 Å². The number of hydrogen-bond donors (Lipinski definition) is 2. The molecule has 1 aliphatic rings. The minimum absolute atomic E-state index is 0.0511. The molecule has 3 aromatic rings. The zero-order chi connectivity index (χ0) is 15.8. The molecule has 0 spiro atoms. The Morgan fingerprint density at radius 2 is 2.04 bits per heavy atom.